The quantitative estimate of drug-likeness (QED) is 0.848. The van der Waals surface area contributed by atoms with Crippen LogP contribution >= 0.6 is 0 Å². The molecule has 0 aliphatic carbocycles. The van der Waals surface area contributed by atoms with Crippen molar-refractivity contribution in [3.05, 3.63) is 29.7 Å². The van der Waals surface area contributed by atoms with Crippen LogP contribution in [0.2, 0.25) is 0 Å². The molecule has 1 fully saturated rings. The Labute approximate surface area is 112 Å². The molecule has 19 heavy (non-hydrogen) atoms. The van der Waals surface area contributed by atoms with Crippen LogP contribution in [-0.4, -0.2) is 24.8 Å². The molecule has 0 N–H and O–H groups in total. The third-order valence-corrected chi connectivity index (χ3v) is 3.50. The zero-order valence-corrected chi connectivity index (χ0v) is 11.2. The maximum atomic E-state index is 5.77. The van der Waals surface area contributed by atoms with E-state index in [1.807, 2.05) is 6.07 Å². The van der Waals surface area contributed by atoms with Gasteiger partial charge in [-0.25, -0.2) is 4.98 Å². The van der Waals surface area contributed by atoms with Crippen LogP contribution < -0.4 is 0 Å². The standard InChI is InChI=1S/C15H19NO3/c1-17-10-15-16-13-9-11(5-6-14(13)19-15)8-12-4-2-3-7-18-12/h5-6,9,12H,2-4,7-8,10H2,1H3/t12-/m0/s1. The fourth-order valence-electron chi connectivity index (χ4n) is 2.56. The third-order valence-electron chi connectivity index (χ3n) is 3.50. The van der Waals surface area contributed by atoms with Crippen molar-refractivity contribution >= 4 is 11.1 Å². The van der Waals surface area contributed by atoms with Crippen LogP contribution in [-0.2, 0) is 22.5 Å². The monoisotopic (exact) mass is 261 g/mol. The topological polar surface area (TPSA) is 44.5 Å². The first kappa shape index (κ1) is 12.6. The highest BCUT2D eigenvalue weighted by Gasteiger charge is 2.15. The molecule has 0 saturated carbocycles. The molecule has 2 aromatic rings. The van der Waals surface area contributed by atoms with Gasteiger partial charge >= 0.3 is 0 Å². The van der Waals surface area contributed by atoms with Crippen molar-refractivity contribution in [2.24, 2.45) is 0 Å². The summed E-state index contributed by atoms with van der Waals surface area (Å²) in [5.41, 5.74) is 2.98. The molecule has 2 heterocycles. The molecule has 1 aliphatic heterocycles. The summed E-state index contributed by atoms with van der Waals surface area (Å²) in [4.78, 5) is 4.42. The molecule has 1 aliphatic rings. The van der Waals surface area contributed by atoms with E-state index in [1.54, 1.807) is 7.11 Å². The third kappa shape index (κ3) is 2.96. The molecule has 0 spiro atoms. The highest BCUT2D eigenvalue weighted by molar-refractivity contribution is 5.73. The number of methoxy groups -OCH3 is 1. The van der Waals surface area contributed by atoms with E-state index in [4.69, 9.17) is 13.9 Å². The molecule has 4 nitrogen and oxygen atoms in total. The van der Waals surface area contributed by atoms with Crippen LogP contribution in [0.3, 0.4) is 0 Å². The Morgan fingerprint density at radius 3 is 3.11 bits per heavy atom. The Hall–Kier alpha value is -1.39. The average Bonchev–Trinajstić information content (AvgIpc) is 2.82. The summed E-state index contributed by atoms with van der Waals surface area (Å²) in [6.07, 6.45) is 4.94. The fraction of sp³-hybridized carbons (Fsp3) is 0.533. The largest absolute Gasteiger partial charge is 0.438 e. The van der Waals surface area contributed by atoms with Gasteiger partial charge in [0, 0.05) is 13.7 Å². The van der Waals surface area contributed by atoms with Gasteiger partial charge in [0.25, 0.3) is 0 Å². The fourth-order valence-corrected chi connectivity index (χ4v) is 2.56. The minimum Gasteiger partial charge on any atom is -0.438 e. The van der Waals surface area contributed by atoms with Gasteiger partial charge < -0.3 is 13.9 Å². The SMILES string of the molecule is COCc1nc2cc(C[C@@H]3CCCCO3)ccc2o1. The number of oxazole rings is 1. The normalized spacial score (nSPS) is 19.9. The van der Waals surface area contributed by atoms with Crippen molar-refractivity contribution in [2.45, 2.75) is 38.4 Å². The summed E-state index contributed by atoms with van der Waals surface area (Å²) in [5.74, 6) is 0.628. The predicted octanol–water partition coefficient (Wildman–Crippen LogP) is 3.09. The van der Waals surface area contributed by atoms with Gasteiger partial charge in [-0.05, 0) is 43.4 Å². The van der Waals surface area contributed by atoms with E-state index < -0.39 is 0 Å². The molecule has 0 unspecified atom stereocenters. The Morgan fingerprint density at radius 1 is 1.37 bits per heavy atom. The van der Waals surface area contributed by atoms with Crippen LogP contribution in [0.25, 0.3) is 11.1 Å². The van der Waals surface area contributed by atoms with Gasteiger partial charge in [-0.15, -0.1) is 0 Å². The summed E-state index contributed by atoms with van der Waals surface area (Å²) in [6.45, 7) is 1.31. The summed E-state index contributed by atoms with van der Waals surface area (Å²) in [7, 11) is 1.64. The Balaban J connectivity index is 1.76. The van der Waals surface area contributed by atoms with Gasteiger partial charge in [0.2, 0.25) is 5.89 Å². The van der Waals surface area contributed by atoms with Crippen molar-refractivity contribution in [3.8, 4) is 0 Å². The lowest BCUT2D eigenvalue weighted by Gasteiger charge is -2.22. The first-order chi connectivity index (χ1) is 9.35. The smallest absolute Gasteiger partial charge is 0.221 e. The zero-order valence-electron chi connectivity index (χ0n) is 11.2. The lowest BCUT2D eigenvalue weighted by molar-refractivity contribution is 0.0168. The Kier molecular flexibility index (Phi) is 3.80. The highest BCUT2D eigenvalue weighted by atomic mass is 16.5. The molecule has 1 atom stereocenters. The number of nitrogens with zero attached hydrogens (tertiary/aromatic N) is 1. The van der Waals surface area contributed by atoms with E-state index in [0.717, 1.165) is 30.5 Å². The molecule has 1 aromatic carbocycles. The van der Waals surface area contributed by atoms with E-state index >= 15 is 0 Å². The Morgan fingerprint density at radius 2 is 2.32 bits per heavy atom. The van der Waals surface area contributed by atoms with Crippen molar-refractivity contribution in [1.29, 1.82) is 0 Å². The van der Waals surface area contributed by atoms with Crippen LogP contribution in [0.4, 0.5) is 0 Å². The number of hydrogen-bond acceptors (Lipinski definition) is 4. The molecular weight excluding hydrogens is 242 g/mol. The maximum Gasteiger partial charge on any atom is 0.221 e. The summed E-state index contributed by atoms with van der Waals surface area (Å²) < 4.78 is 16.4. The molecule has 0 radical (unpaired) electrons. The minimum absolute atomic E-state index is 0.358. The second-order valence-corrected chi connectivity index (χ2v) is 5.04. The second kappa shape index (κ2) is 5.72. The van der Waals surface area contributed by atoms with E-state index in [2.05, 4.69) is 17.1 Å². The second-order valence-electron chi connectivity index (χ2n) is 5.04. The number of hydrogen-bond donors (Lipinski definition) is 0. The number of ether oxygens (including phenoxy) is 2. The molecule has 0 bridgehead atoms. The van der Waals surface area contributed by atoms with E-state index in [-0.39, 0.29) is 0 Å². The van der Waals surface area contributed by atoms with Gasteiger partial charge in [-0.1, -0.05) is 6.07 Å². The van der Waals surface area contributed by atoms with E-state index in [0.29, 0.717) is 18.6 Å². The molecule has 102 valence electrons. The Bertz CT molecular complexity index is 543. The van der Waals surface area contributed by atoms with Crippen LogP contribution in [0, 0.1) is 0 Å². The first-order valence-corrected chi connectivity index (χ1v) is 6.84. The summed E-state index contributed by atoms with van der Waals surface area (Å²) >= 11 is 0. The minimum atomic E-state index is 0.358. The molecule has 1 aromatic heterocycles. The van der Waals surface area contributed by atoms with Crippen LogP contribution in [0.15, 0.2) is 22.6 Å². The van der Waals surface area contributed by atoms with Crippen molar-refractivity contribution < 1.29 is 13.9 Å². The molecular formula is C15H19NO3. The molecule has 1 saturated heterocycles. The average molecular weight is 261 g/mol. The lowest BCUT2D eigenvalue weighted by atomic mass is 10.0. The number of fused-ring (bicyclic) bond motifs is 1. The molecule has 0 amide bonds. The van der Waals surface area contributed by atoms with Gasteiger partial charge in [-0.2, -0.15) is 0 Å². The van der Waals surface area contributed by atoms with Gasteiger partial charge in [-0.3, -0.25) is 0 Å². The maximum absolute atomic E-state index is 5.77. The van der Waals surface area contributed by atoms with Gasteiger partial charge in [0.15, 0.2) is 5.58 Å². The van der Waals surface area contributed by atoms with Crippen molar-refractivity contribution in [2.75, 3.05) is 13.7 Å². The number of rotatable bonds is 4. The van der Waals surface area contributed by atoms with E-state index in [1.165, 1.54) is 18.4 Å². The van der Waals surface area contributed by atoms with Crippen molar-refractivity contribution in [1.82, 2.24) is 4.98 Å². The first-order valence-electron chi connectivity index (χ1n) is 6.84. The van der Waals surface area contributed by atoms with Crippen LogP contribution in [0.1, 0.15) is 30.7 Å². The van der Waals surface area contributed by atoms with E-state index in [9.17, 15) is 0 Å². The van der Waals surface area contributed by atoms with Crippen LogP contribution in [0.5, 0.6) is 0 Å². The lowest BCUT2D eigenvalue weighted by Crippen LogP contribution is -2.21. The summed E-state index contributed by atoms with van der Waals surface area (Å²) in [6, 6.07) is 6.18. The number of benzene rings is 1. The molecule has 3 rings (SSSR count). The van der Waals surface area contributed by atoms with Crippen molar-refractivity contribution in [3.63, 3.8) is 0 Å². The zero-order chi connectivity index (χ0) is 13.1. The molecule has 4 heteroatoms. The highest BCUT2D eigenvalue weighted by Crippen LogP contribution is 2.21. The van der Waals surface area contributed by atoms with Gasteiger partial charge in [0.05, 0.1) is 6.10 Å². The predicted molar refractivity (Wildman–Crippen MR) is 72.0 cm³/mol. The van der Waals surface area contributed by atoms with Gasteiger partial charge in [0.1, 0.15) is 12.1 Å². The summed E-state index contributed by atoms with van der Waals surface area (Å²) in [5, 5.41) is 0. The number of aromatic nitrogens is 1.